The second kappa shape index (κ2) is 6.37. The van der Waals surface area contributed by atoms with Gasteiger partial charge < -0.3 is 15.0 Å². The van der Waals surface area contributed by atoms with E-state index in [9.17, 15) is 4.79 Å². The van der Waals surface area contributed by atoms with Gasteiger partial charge in [-0.05, 0) is 31.7 Å². The molecular formula is C14H19ClN2O2. The normalized spacial score (nSPS) is 20.3. The van der Waals surface area contributed by atoms with E-state index >= 15 is 0 Å². The number of rotatable bonds is 3. The Morgan fingerprint density at radius 1 is 1.58 bits per heavy atom. The predicted octanol–water partition coefficient (Wildman–Crippen LogP) is 1.71. The van der Waals surface area contributed by atoms with Crippen LogP contribution in [-0.4, -0.2) is 50.2 Å². The minimum absolute atomic E-state index is 0.0589. The molecule has 4 nitrogen and oxygen atoms in total. The minimum atomic E-state index is -0.112. The lowest BCUT2D eigenvalue weighted by Crippen LogP contribution is -2.45. The molecule has 1 aromatic rings. The van der Waals surface area contributed by atoms with Crippen LogP contribution in [0.3, 0.4) is 0 Å². The summed E-state index contributed by atoms with van der Waals surface area (Å²) in [6, 6.07) is 5.33. The van der Waals surface area contributed by atoms with Gasteiger partial charge >= 0.3 is 0 Å². The standard InChI is InChI=1S/C14H19ClN2O2/c1-10-3-4-11(7-13(10)15)14(18)16-8-12-9-17(2)5-6-19-12/h3-4,7,12H,5-6,8-9H2,1-2H3,(H,16,18). The van der Waals surface area contributed by atoms with Gasteiger partial charge in [0.25, 0.3) is 5.91 Å². The summed E-state index contributed by atoms with van der Waals surface area (Å²) in [6.07, 6.45) is 0.0589. The molecular weight excluding hydrogens is 264 g/mol. The van der Waals surface area contributed by atoms with Gasteiger partial charge in [0.15, 0.2) is 0 Å². The lowest BCUT2D eigenvalue weighted by Gasteiger charge is -2.30. The molecule has 0 bridgehead atoms. The lowest BCUT2D eigenvalue weighted by molar-refractivity contribution is -0.0175. The maximum atomic E-state index is 12.0. The van der Waals surface area contributed by atoms with Crippen molar-refractivity contribution in [2.24, 2.45) is 0 Å². The van der Waals surface area contributed by atoms with Crippen LogP contribution in [0.15, 0.2) is 18.2 Å². The van der Waals surface area contributed by atoms with E-state index in [1.807, 2.05) is 13.0 Å². The fourth-order valence-electron chi connectivity index (χ4n) is 2.03. The first-order valence-corrected chi connectivity index (χ1v) is 6.78. The molecule has 1 saturated heterocycles. The van der Waals surface area contributed by atoms with E-state index < -0.39 is 0 Å². The zero-order chi connectivity index (χ0) is 13.8. The predicted molar refractivity (Wildman–Crippen MR) is 75.8 cm³/mol. The second-order valence-corrected chi connectivity index (χ2v) is 5.34. The van der Waals surface area contributed by atoms with Gasteiger partial charge in [-0.1, -0.05) is 17.7 Å². The fourth-order valence-corrected chi connectivity index (χ4v) is 2.21. The highest BCUT2D eigenvalue weighted by molar-refractivity contribution is 6.31. The number of aryl methyl sites for hydroxylation is 1. The number of amides is 1. The van der Waals surface area contributed by atoms with Crippen LogP contribution in [0.5, 0.6) is 0 Å². The Labute approximate surface area is 118 Å². The van der Waals surface area contributed by atoms with Crippen molar-refractivity contribution in [3.05, 3.63) is 34.3 Å². The van der Waals surface area contributed by atoms with Crippen LogP contribution in [0.2, 0.25) is 5.02 Å². The molecule has 0 radical (unpaired) electrons. The van der Waals surface area contributed by atoms with Crippen molar-refractivity contribution in [3.63, 3.8) is 0 Å². The van der Waals surface area contributed by atoms with Gasteiger partial charge in [-0.25, -0.2) is 0 Å². The van der Waals surface area contributed by atoms with Gasteiger partial charge in [0, 0.05) is 30.2 Å². The molecule has 2 rings (SSSR count). The average Bonchev–Trinajstić information content (AvgIpc) is 2.39. The van der Waals surface area contributed by atoms with Gasteiger partial charge in [0.2, 0.25) is 0 Å². The van der Waals surface area contributed by atoms with Crippen LogP contribution in [-0.2, 0) is 4.74 Å². The third kappa shape index (κ3) is 3.93. The number of likely N-dealkylation sites (N-methyl/N-ethyl adjacent to an activating group) is 1. The second-order valence-electron chi connectivity index (χ2n) is 4.93. The number of halogens is 1. The van der Waals surface area contributed by atoms with Crippen LogP contribution in [0, 0.1) is 6.92 Å². The summed E-state index contributed by atoms with van der Waals surface area (Å²) >= 11 is 6.01. The molecule has 1 amide bonds. The average molecular weight is 283 g/mol. The van der Waals surface area contributed by atoms with Crippen molar-refractivity contribution >= 4 is 17.5 Å². The van der Waals surface area contributed by atoms with Crippen LogP contribution >= 0.6 is 11.6 Å². The summed E-state index contributed by atoms with van der Waals surface area (Å²) in [4.78, 5) is 14.2. The first-order chi connectivity index (χ1) is 9.06. The Hall–Kier alpha value is -1.10. The topological polar surface area (TPSA) is 41.6 Å². The van der Waals surface area contributed by atoms with Gasteiger partial charge in [-0.3, -0.25) is 4.79 Å². The largest absolute Gasteiger partial charge is 0.374 e. The number of benzene rings is 1. The molecule has 1 unspecified atom stereocenters. The SMILES string of the molecule is Cc1ccc(C(=O)NCC2CN(C)CCO2)cc1Cl. The van der Waals surface area contributed by atoms with Gasteiger partial charge in [0.05, 0.1) is 12.7 Å². The molecule has 1 N–H and O–H groups in total. The van der Waals surface area contributed by atoms with E-state index in [1.54, 1.807) is 12.1 Å². The Morgan fingerprint density at radius 3 is 3.05 bits per heavy atom. The zero-order valence-electron chi connectivity index (χ0n) is 11.3. The lowest BCUT2D eigenvalue weighted by atomic mass is 10.1. The number of carbonyl (C=O) groups is 1. The molecule has 1 atom stereocenters. The Bertz CT molecular complexity index is 465. The van der Waals surface area contributed by atoms with E-state index in [4.69, 9.17) is 16.3 Å². The zero-order valence-corrected chi connectivity index (χ0v) is 12.0. The van der Waals surface area contributed by atoms with E-state index in [-0.39, 0.29) is 12.0 Å². The molecule has 0 saturated carbocycles. The van der Waals surface area contributed by atoms with Crippen molar-refractivity contribution < 1.29 is 9.53 Å². The number of morpholine rings is 1. The number of nitrogens with one attached hydrogen (secondary N) is 1. The van der Waals surface area contributed by atoms with Crippen LogP contribution < -0.4 is 5.32 Å². The van der Waals surface area contributed by atoms with Gasteiger partial charge in [-0.15, -0.1) is 0 Å². The first kappa shape index (κ1) is 14.3. The molecule has 19 heavy (non-hydrogen) atoms. The quantitative estimate of drug-likeness (QED) is 0.918. The van der Waals surface area contributed by atoms with E-state index in [1.165, 1.54) is 0 Å². The van der Waals surface area contributed by atoms with Crippen molar-refractivity contribution in [3.8, 4) is 0 Å². The van der Waals surface area contributed by atoms with Gasteiger partial charge in [0.1, 0.15) is 0 Å². The molecule has 0 spiro atoms. The Morgan fingerprint density at radius 2 is 2.37 bits per heavy atom. The van der Waals surface area contributed by atoms with Crippen molar-refractivity contribution in [2.45, 2.75) is 13.0 Å². The van der Waals surface area contributed by atoms with Crippen molar-refractivity contribution in [1.29, 1.82) is 0 Å². The number of hydrogen-bond acceptors (Lipinski definition) is 3. The molecule has 104 valence electrons. The molecule has 1 aromatic carbocycles. The van der Waals surface area contributed by atoms with Crippen molar-refractivity contribution in [2.75, 3.05) is 33.3 Å². The van der Waals surface area contributed by atoms with Crippen LogP contribution in [0.1, 0.15) is 15.9 Å². The third-order valence-corrected chi connectivity index (χ3v) is 3.67. The maximum absolute atomic E-state index is 12.0. The Balaban J connectivity index is 1.88. The minimum Gasteiger partial charge on any atom is -0.374 e. The summed E-state index contributed by atoms with van der Waals surface area (Å²) in [5.74, 6) is -0.112. The molecule has 1 aliphatic heterocycles. The summed E-state index contributed by atoms with van der Waals surface area (Å²) in [6.45, 7) is 4.94. The molecule has 0 aromatic heterocycles. The molecule has 0 aliphatic carbocycles. The number of ether oxygens (including phenoxy) is 1. The summed E-state index contributed by atoms with van der Waals surface area (Å²) < 4.78 is 5.60. The monoisotopic (exact) mass is 282 g/mol. The summed E-state index contributed by atoms with van der Waals surface area (Å²) in [7, 11) is 2.05. The smallest absolute Gasteiger partial charge is 0.251 e. The summed E-state index contributed by atoms with van der Waals surface area (Å²) in [5.41, 5.74) is 1.55. The van der Waals surface area contributed by atoms with E-state index in [2.05, 4.69) is 17.3 Å². The highest BCUT2D eigenvalue weighted by atomic mass is 35.5. The maximum Gasteiger partial charge on any atom is 0.251 e. The highest BCUT2D eigenvalue weighted by Gasteiger charge is 2.18. The molecule has 5 heteroatoms. The Kier molecular flexibility index (Phi) is 4.80. The molecule has 1 fully saturated rings. The highest BCUT2D eigenvalue weighted by Crippen LogP contribution is 2.16. The number of hydrogen-bond donors (Lipinski definition) is 1. The van der Waals surface area contributed by atoms with E-state index in [0.29, 0.717) is 23.7 Å². The summed E-state index contributed by atoms with van der Waals surface area (Å²) in [5, 5.41) is 3.50. The number of nitrogens with zero attached hydrogens (tertiary/aromatic N) is 1. The first-order valence-electron chi connectivity index (χ1n) is 6.41. The van der Waals surface area contributed by atoms with Crippen LogP contribution in [0.4, 0.5) is 0 Å². The fraction of sp³-hybridized carbons (Fsp3) is 0.500. The molecule has 1 aliphatic rings. The number of carbonyl (C=O) groups excluding carboxylic acids is 1. The third-order valence-electron chi connectivity index (χ3n) is 3.27. The van der Waals surface area contributed by atoms with Crippen LogP contribution in [0.25, 0.3) is 0 Å². The van der Waals surface area contributed by atoms with Crippen molar-refractivity contribution in [1.82, 2.24) is 10.2 Å². The van der Waals surface area contributed by atoms with Gasteiger partial charge in [-0.2, -0.15) is 0 Å². The molecule has 1 heterocycles. The van der Waals surface area contributed by atoms with E-state index in [0.717, 1.165) is 18.7 Å².